The maximum absolute atomic E-state index is 12.2. The first kappa shape index (κ1) is 12.3. The van der Waals surface area contributed by atoms with Crippen LogP contribution in [0.15, 0.2) is 59.7 Å². The van der Waals surface area contributed by atoms with Gasteiger partial charge in [0.25, 0.3) is 0 Å². The van der Waals surface area contributed by atoms with E-state index in [4.69, 9.17) is 17.4 Å². The molecule has 3 nitrogen and oxygen atoms in total. The molecule has 0 heterocycles. The molecule has 0 saturated heterocycles. The molecule has 4 heteroatoms. The first-order valence-corrected chi connectivity index (χ1v) is 5.73. The minimum absolute atomic E-state index is 0.198. The highest BCUT2D eigenvalue weighted by atomic mass is 35.5. The van der Waals surface area contributed by atoms with Crippen molar-refractivity contribution in [2.45, 2.75) is 0 Å². The fourth-order valence-electron chi connectivity index (χ4n) is 1.63. The average molecular weight is 259 g/mol. The van der Waals surface area contributed by atoms with Gasteiger partial charge in [-0.3, -0.25) is 4.79 Å². The number of hydrogen-bond acceptors (Lipinski definition) is 3. The topological polar surface area (TPSA) is 55.4 Å². The van der Waals surface area contributed by atoms with Gasteiger partial charge in [0.2, 0.25) is 5.78 Å². The minimum Gasteiger partial charge on any atom is -0.323 e. The number of hydrazone groups is 1. The van der Waals surface area contributed by atoms with Crippen LogP contribution < -0.4 is 5.84 Å². The Morgan fingerprint density at radius 3 is 2.28 bits per heavy atom. The van der Waals surface area contributed by atoms with Crippen LogP contribution >= 0.6 is 11.6 Å². The molecule has 2 aromatic carbocycles. The number of hydrogen-bond donors (Lipinski definition) is 1. The monoisotopic (exact) mass is 258 g/mol. The molecule has 0 aliphatic heterocycles. The smallest absolute Gasteiger partial charge is 0.213 e. The van der Waals surface area contributed by atoms with E-state index in [0.717, 1.165) is 0 Å². The number of nitrogens with two attached hydrogens (primary N) is 1. The molecule has 0 aliphatic rings. The lowest BCUT2D eigenvalue weighted by Gasteiger charge is -2.05. The first-order valence-electron chi connectivity index (χ1n) is 5.36. The number of carbonyl (C=O) groups is 1. The van der Waals surface area contributed by atoms with E-state index in [0.29, 0.717) is 16.1 Å². The molecule has 0 spiro atoms. The van der Waals surface area contributed by atoms with Crippen LogP contribution in [-0.4, -0.2) is 11.5 Å². The van der Waals surface area contributed by atoms with E-state index in [1.165, 1.54) is 0 Å². The van der Waals surface area contributed by atoms with Crippen molar-refractivity contribution in [1.29, 1.82) is 0 Å². The highest BCUT2D eigenvalue weighted by Gasteiger charge is 2.15. The van der Waals surface area contributed by atoms with Crippen LogP contribution in [0.25, 0.3) is 0 Å². The van der Waals surface area contributed by atoms with Crippen LogP contribution in [0.5, 0.6) is 0 Å². The van der Waals surface area contributed by atoms with Crippen molar-refractivity contribution in [3.05, 3.63) is 70.7 Å². The van der Waals surface area contributed by atoms with Crippen LogP contribution in [0.4, 0.5) is 0 Å². The van der Waals surface area contributed by atoms with E-state index in [1.54, 1.807) is 48.5 Å². The standard InChI is InChI=1S/C14H11ClN2O/c15-12-8-4-7-11(9-12)13(17-16)14(18)10-5-2-1-3-6-10/h1-9H,16H2. The van der Waals surface area contributed by atoms with E-state index in [2.05, 4.69) is 5.10 Å². The quantitative estimate of drug-likeness (QED) is 0.398. The summed E-state index contributed by atoms with van der Waals surface area (Å²) in [6, 6.07) is 15.8. The maximum Gasteiger partial charge on any atom is 0.213 e. The molecule has 2 rings (SSSR count). The molecule has 2 N–H and O–H groups in total. The highest BCUT2D eigenvalue weighted by Crippen LogP contribution is 2.14. The van der Waals surface area contributed by atoms with Gasteiger partial charge in [-0.25, -0.2) is 0 Å². The van der Waals surface area contributed by atoms with E-state index in [9.17, 15) is 4.79 Å². The van der Waals surface area contributed by atoms with Crippen LogP contribution in [-0.2, 0) is 0 Å². The van der Waals surface area contributed by atoms with Gasteiger partial charge in [-0.05, 0) is 12.1 Å². The summed E-state index contributed by atoms with van der Waals surface area (Å²) in [4.78, 5) is 12.2. The van der Waals surface area contributed by atoms with Gasteiger partial charge in [-0.15, -0.1) is 0 Å². The van der Waals surface area contributed by atoms with E-state index in [-0.39, 0.29) is 11.5 Å². The number of carbonyl (C=O) groups excluding carboxylic acids is 1. The summed E-state index contributed by atoms with van der Waals surface area (Å²) in [7, 11) is 0. The van der Waals surface area contributed by atoms with E-state index < -0.39 is 0 Å². The zero-order valence-corrected chi connectivity index (χ0v) is 10.3. The second-order valence-corrected chi connectivity index (χ2v) is 4.12. The summed E-state index contributed by atoms with van der Waals surface area (Å²) in [5, 5.41) is 4.12. The summed E-state index contributed by atoms with van der Waals surface area (Å²) >= 11 is 5.89. The van der Waals surface area contributed by atoms with Crippen LogP contribution in [0.1, 0.15) is 15.9 Å². The summed E-state index contributed by atoms with van der Waals surface area (Å²) in [6.45, 7) is 0. The van der Waals surface area contributed by atoms with Crippen molar-refractivity contribution in [1.82, 2.24) is 0 Å². The largest absolute Gasteiger partial charge is 0.323 e. The van der Waals surface area contributed by atoms with Gasteiger partial charge in [0, 0.05) is 16.1 Å². The Bertz CT molecular complexity index is 594. The van der Waals surface area contributed by atoms with Gasteiger partial charge in [-0.2, -0.15) is 5.10 Å². The van der Waals surface area contributed by atoms with E-state index in [1.807, 2.05) is 6.07 Å². The van der Waals surface area contributed by atoms with Gasteiger partial charge in [0.05, 0.1) is 0 Å². The fourth-order valence-corrected chi connectivity index (χ4v) is 1.82. The first-order chi connectivity index (χ1) is 8.72. The zero-order chi connectivity index (χ0) is 13.0. The Kier molecular flexibility index (Phi) is 3.75. The summed E-state index contributed by atoms with van der Waals surface area (Å²) < 4.78 is 0. The second kappa shape index (κ2) is 5.47. The molecular weight excluding hydrogens is 248 g/mol. The van der Waals surface area contributed by atoms with Gasteiger partial charge in [0.1, 0.15) is 5.71 Å². The van der Waals surface area contributed by atoms with Crippen molar-refractivity contribution in [3.63, 3.8) is 0 Å². The Balaban J connectivity index is 2.39. The molecule has 0 saturated carbocycles. The average Bonchev–Trinajstić information content (AvgIpc) is 2.40. The van der Waals surface area contributed by atoms with Crippen LogP contribution in [0, 0.1) is 0 Å². The van der Waals surface area contributed by atoms with Crippen molar-refractivity contribution < 1.29 is 4.79 Å². The maximum atomic E-state index is 12.2. The predicted octanol–water partition coefficient (Wildman–Crippen LogP) is 2.89. The van der Waals surface area contributed by atoms with Crippen LogP contribution in [0.2, 0.25) is 5.02 Å². The minimum atomic E-state index is -0.222. The highest BCUT2D eigenvalue weighted by molar-refractivity contribution is 6.51. The van der Waals surface area contributed by atoms with Crippen molar-refractivity contribution in [3.8, 4) is 0 Å². The number of Topliss-reactive ketones (excluding diaryl/α,β-unsaturated/α-hetero) is 1. The lowest BCUT2D eigenvalue weighted by atomic mass is 10.0. The zero-order valence-electron chi connectivity index (χ0n) is 9.51. The Hall–Kier alpha value is -2.13. The third-order valence-corrected chi connectivity index (χ3v) is 2.71. The second-order valence-electron chi connectivity index (χ2n) is 3.68. The van der Waals surface area contributed by atoms with Gasteiger partial charge >= 0.3 is 0 Å². The molecule has 0 aromatic heterocycles. The summed E-state index contributed by atoms with van der Waals surface area (Å²) in [5.74, 6) is 5.10. The van der Waals surface area contributed by atoms with Gasteiger partial charge < -0.3 is 5.84 Å². The number of benzene rings is 2. The molecule has 90 valence electrons. The molecular formula is C14H11ClN2O. The number of ketones is 1. The Morgan fingerprint density at radius 1 is 1.00 bits per heavy atom. The molecule has 0 unspecified atom stereocenters. The molecule has 0 amide bonds. The third kappa shape index (κ3) is 2.57. The molecule has 0 atom stereocenters. The Morgan fingerprint density at radius 2 is 1.67 bits per heavy atom. The number of nitrogens with zero attached hydrogens (tertiary/aromatic N) is 1. The van der Waals surface area contributed by atoms with Gasteiger partial charge in [-0.1, -0.05) is 54.1 Å². The van der Waals surface area contributed by atoms with Crippen molar-refractivity contribution in [2.24, 2.45) is 10.9 Å². The molecule has 0 fully saturated rings. The lowest BCUT2D eigenvalue weighted by Crippen LogP contribution is -2.17. The Labute approximate surface area is 110 Å². The normalized spacial score (nSPS) is 11.3. The molecule has 0 bridgehead atoms. The predicted molar refractivity (Wildman–Crippen MR) is 72.9 cm³/mol. The summed E-state index contributed by atoms with van der Waals surface area (Å²) in [6.07, 6.45) is 0. The third-order valence-electron chi connectivity index (χ3n) is 2.48. The molecule has 18 heavy (non-hydrogen) atoms. The van der Waals surface area contributed by atoms with Gasteiger partial charge in [0.15, 0.2) is 0 Å². The molecule has 2 aromatic rings. The van der Waals surface area contributed by atoms with E-state index >= 15 is 0 Å². The number of rotatable bonds is 3. The SMILES string of the molecule is NN=C(C(=O)c1ccccc1)c1cccc(Cl)c1. The lowest BCUT2D eigenvalue weighted by molar-refractivity contribution is 0.106. The fraction of sp³-hybridized carbons (Fsp3) is 0. The van der Waals surface area contributed by atoms with Crippen molar-refractivity contribution >= 4 is 23.1 Å². The number of halogens is 1. The van der Waals surface area contributed by atoms with Crippen molar-refractivity contribution in [2.75, 3.05) is 0 Å². The summed E-state index contributed by atoms with van der Waals surface area (Å²) in [5.41, 5.74) is 1.35. The molecule has 0 aliphatic carbocycles. The van der Waals surface area contributed by atoms with Crippen LogP contribution in [0.3, 0.4) is 0 Å². The molecule has 0 radical (unpaired) electrons.